The molecule has 0 radical (unpaired) electrons. The molecule has 0 N–H and O–H groups in total. The fourth-order valence-corrected chi connectivity index (χ4v) is 1.88. The van der Waals surface area contributed by atoms with Crippen LogP contribution in [-0.2, 0) is 9.47 Å². The molecule has 2 nitrogen and oxygen atoms in total. The molecule has 16 heavy (non-hydrogen) atoms. The first-order chi connectivity index (χ1) is 7.20. The van der Waals surface area contributed by atoms with Gasteiger partial charge in [0.25, 0.3) is 0 Å². The normalized spacial score (nSPS) is 25.1. The molecule has 0 aromatic carbocycles. The van der Waals surface area contributed by atoms with Gasteiger partial charge >= 0.3 is 0 Å². The zero-order chi connectivity index (χ0) is 12.4. The summed E-state index contributed by atoms with van der Waals surface area (Å²) in [5, 5.41) is 0. The highest BCUT2D eigenvalue weighted by Gasteiger charge is 2.33. The summed E-state index contributed by atoms with van der Waals surface area (Å²) in [5.41, 5.74) is 4.46. The molecular formula is C13H22O2Si. The van der Waals surface area contributed by atoms with Crippen molar-refractivity contribution in [2.75, 3.05) is 6.61 Å². The Morgan fingerprint density at radius 1 is 1.38 bits per heavy atom. The lowest BCUT2D eigenvalue weighted by Gasteiger charge is -2.17. The van der Waals surface area contributed by atoms with Gasteiger partial charge in [-0.3, -0.25) is 0 Å². The van der Waals surface area contributed by atoms with Crippen LogP contribution in [0.2, 0.25) is 19.6 Å². The zero-order valence-corrected chi connectivity index (χ0v) is 12.2. The molecule has 1 aliphatic rings. The SMILES string of the molecule is C/C(=C/C#C[Si](C)(C)C)[C@H]1COC(C)(C)O1. The molecule has 1 aliphatic heterocycles. The van der Waals surface area contributed by atoms with E-state index in [1.807, 2.05) is 26.8 Å². The Morgan fingerprint density at radius 2 is 2.00 bits per heavy atom. The van der Waals surface area contributed by atoms with E-state index in [0.29, 0.717) is 6.61 Å². The first kappa shape index (κ1) is 13.5. The molecule has 90 valence electrons. The minimum atomic E-state index is -1.27. The van der Waals surface area contributed by atoms with E-state index in [4.69, 9.17) is 9.47 Å². The van der Waals surface area contributed by atoms with Crippen LogP contribution in [0.4, 0.5) is 0 Å². The van der Waals surface area contributed by atoms with Gasteiger partial charge in [0.1, 0.15) is 14.2 Å². The molecule has 1 saturated heterocycles. The lowest BCUT2D eigenvalue weighted by molar-refractivity contribution is -0.134. The fraction of sp³-hybridized carbons (Fsp3) is 0.692. The monoisotopic (exact) mass is 238 g/mol. The molecule has 1 fully saturated rings. The van der Waals surface area contributed by atoms with E-state index in [9.17, 15) is 0 Å². The van der Waals surface area contributed by atoms with Crippen molar-refractivity contribution in [2.45, 2.75) is 52.3 Å². The summed E-state index contributed by atoms with van der Waals surface area (Å²) >= 11 is 0. The maximum atomic E-state index is 5.75. The maximum Gasteiger partial charge on any atom is 0.163 e. The van der Waals surface area contributed by atoms with Crippen LogP contribution in [0.3, 0.4) is 0 Å². The number of ether oxygens (including phenoxy) is 2. The third-order valence-corrected chi connectivity index (χ3v) is 3.16. The van der Waals surface area contributed by atoms with Crippen LogP contribution in [0, 0.1) is 11.5 Å². The van der Waals surface area contributed by atoms with Gasteiger partial charge in [0.15, 0.2) is 5.79 Å². The molecule has 0 amide bonds. The van der Waals surface area contributed by atoms with Crippen LogP contribution in [0.25, 0.3) is 0 Å². The molecule has 3 heteroatoms. The smallest absolute Gasteiger partial charge is 0.163 e. The van der Waals surface area contributed by atoms with Crippen molar-refractivity contribution in [3.8, 4) is 11.5 Å². The van der Waals surface area contributed by atoms with Gasteiger partial charge in [-0.1, -0.05) is 25.6 Å². The molecule has 0 spiro atoms. The van der Waals surface area contributed by atoms with Crippen molar-refractivity contribution < 1.29 is 9.47 Å². The summed E-state index contributed by atoms with van der Waals surface area (Å²) in [6, 6.07) is 0. The molecule has 0 aliphatic carbocycles. The van der Waals surface area contributed by atoms with Gasteiger partial charge < -0.3 is 9.47 Å². The molecule has 0 unspecified atom stereocenters. The Kier molecular flexibility index (Phi) is 4.00. The van der Waals surface area contributed by atoms with E-state index in [2.05, 4.69) is 31.1 Å². The highest BCUT2D eigenvalue weighted by molar-refractivity contribution is 6.83. The summed E-state index contributed by atoms with van der Waals surface area (Å²) in [6.07, 6.45) is 2.03. The molecule has 0 aromatic heterocycles. The lowest BCUT2D eigenvalue weighted by Crippen LogP contribution is -2.21. The molecule has 0 saturated carbocycles. The minimum absolute atomic E-state index is 0.0611. The molecule has 1 atom stereocenters. The average Bonchev–Trinajstić information content (AvgIpc) is 2.43. The van der Waals surface area contributed by atoms with Crippen molar-refractivity contribution in [3.05, 3.63) is 11.6 Å². The third kappa shape index (κ3) is 4.52. The van der Waals surface area contributed by atoms with Gasteiger partial charge in [-0.05, 0) is 32.4 Å². The standard InChI is InChI=1S/C13H22O2Si/c1-11(8-7-9-16(4,5)6)12-10-14-13(2,3)15-12/h8,12H,10H2,1-6H3/b11-8-/t12-/m1/s1. The molecule has 0 aromatic rings. The van der Waals surface area contributed by atoms with Crippen LogP contribution in [0.1, 0.15) is 20.8 Å². The summed E-state index contributed by atoms with van der Waals surface area (Å²) in [5.74, 6) is 2.69. The predicted octanol–water partition coefficient (Wildman–Crippen LogP) is 2.97. The lowest BCUT2D eigenvalue weighted by atomic mass is 10.2. The van der Waals surface area contributed by atoms with Crippen LogP contribution in [-0.4, -0.2) is 26.6 Å². The highest BCUT2D eigenvalue weighted by Crippen LogP contribution is 2.26. The predicted molar refractivity (Wildman–Crippen MR) is 69.8 cm³/mol. The molecule has 1 rings (SSSR count). The van der Waals surface area contributed by atoms with Gasteiger partial charge in [0.05, 0.1) is 6.61 Å². The first-order valence-corrected chi connectivity index (χ1v) is 9.21. The Hall–Kier alpha value is -0.563. The number of allylic oxidation sites excluding steroid dienone is 1. The molecular weight excluding hydrogens is 216 g/mol. The topological polar surface area (TPSA) is 18.5 Å². The maximum absolute atomic E-state index is 5.75. The van der Waals surface area contributed by atoms with Crippen molar-refractivity contribution in [1.82, 2.24) is 0 Å². The van der Waals surface area contributed by atoms with E-state index in [-0.39, 0.29) is 6.10 Å². The van der Waals surface area contributed by atoms with E-state index >= 15 is 0 Å². The quantitative estimate of drug-likeness (QED) is 0.516. The van der Waals surface area contributed by atoms with E-state index in [0.717, 1.165) is 5.57 Å². The van der Waals surface area contributed by atoms with Gasteiger partial charge in [0.2, 0.25) is 0 Å². The van der Waals surface area contributed by atoms with Gasteiger partial charge in [-0.2, -0.15) is 0 Å². The summed E-state index contributed by atoms with van der Waals surface area (Å²) in [4.78, 5) is 0. The van der Waals surface area contributed by atoms with E-state index in [1.165, 1.54) is 0 Å². The van der Waals surface area contributed by atoms with Crippen molar-refractivity contribution >= 4 is 8.07 Å². The third-order valence-electron chi connectivity index (χ3n) is 2.26. The van der Waals surface area contributed by atoms with Gasteiger partial charge in [-0.15, -0.1) is 5.54 Å². The van der Waals surface area contributed by atoms with Gasteiger partial charge in [-0.25, -0.2) is 0 Å². The van der Waals surface area contributed by atoms with E-state index in [1.54, 1.807) is 0 Å². The van der Waals surface area contributed by atoms with E-state index < -0.39 is 13.9 Å². The fourth-order valence-electron chi connectivity index (χ4n) is 1.37. The second kappa shape index (κ2) is 4.75. The Labute approximate surface area is 100 Å². The first-order valence-electron chi connectivity index (χ1n) is 5.71. The largest absolute Gasteiger partial charge is 0.347 e. The number of rotatable bonds is 1. The second-order valence-corrected chi connectivity index (χ2v) is 10.5. The van der Waals surface area contributed by atoms with Crippen molar-refractivity contribution in [2.24, 2.45) is 0 Å². The number of hydrogen-bond acceptors (Lipinski definition) is 2. The summed E-state index contributed by atoms with van der Waals surface area (Å²) < 4.78 is 11.3. The Bertz CT molecular complexity index is 339. The van der Waals surface area contributed by atoms with Crippen LogP contribution in [0.15, 0.2) is 11.6 Å². The average molecular weight is 238 g/mol. The number of hydrogen-bond donors (Lipinski definition) is 0. The second-order valence-electron chi connectivity index (χ2n) is 5.73. The Balaban J connectivity index is 2.61. The Morgan fingerprint density at radius 3 is 2.44 bits per heavy atom. The zero-order valence-electron chi connectivity index (χ0n) is 11.2. The van der Waals surface area contributed by atoms with Crippen LogP contribution >= 0.6 is 0 Å². The highest BCUT2D eigenvalue weighted by atomic mass is 28.3. The van der Waals surface area contributed by atoms with Crippen LogP contribution < -0.4 is 0 Å². The van der Waals surface area contributed by atoms with Crippen LogP contribution in [0.5, 0.6) is 0 Å². The van der Waals surface area contributed by atoms with Crippen molar-refractivity contribution in [3.63, 3.8) is 0 Å². The summed E-state index contributed by atoms with van der Waals surface area (Å²) in [6.45, 7) is 13.3. The van der Waals surface area contributed by atoms with Crippen molar-refractivity contribution in [1.29, 1.82) is 0 Å². The molecule has 1 heterocycles. The van der Waals surface area contributed by atoms with Gasteiger partial charge in [0, 0.05) is 0 Å². The minimum Gasteiger partial charge on any atom is -0.347 e. The summed E-state index contributed by atoms with van der Waals surface area (Å²) in [7, 11) is -1.27. The molecule has 0 bridgehead atoms.